The largest absolute Gasteiger partial charge is 0.464 e. The number of anilines is 1. The Morgan fingerprint density at radius 3 is 2.58 bits per heavy atom. The Bertz CT molecular complexity index is 739. The summed E-state index contributed by atoms with van der Waals surface area (Å²) < 4.78 is 17.2. The fourth-order valence-corrected chi connectivity index (χ4v) is 3.55. The summed E-state index contributed by atoms with van der Waals surface area (Å²) in [5.41, 5.74) is 0.703. The van der Waals surface area contributed by atoms with Crippen LogP contribution < -0.4 is 5.32 Å². The number of amides is 2. The standard InChI is InChI=1S/C18H22N2O3S/c1-13-6-11-17(23-13)16-5-3-4-12-20(16)18(21)19-14-7-9-15(10-8-14)24(2)22/h6-11,16H,3-5,12H2,1-2H3,(H,19,21)/t16-,24+/m1/s1. The summed E-state index contributed by atoms with van der Waals surface area (Å²) in [6.45, 7) is 2.63. The number of rotatable bonds is 3. The van der Waals surface area contributed by atoms with E-state index in [-0.39, 0.29) is 12.1 Å². The molecule has 2 amide bonds. The highest BCUT2D eigenvalue weighted by Crippen LogP contribution is 2.32. The predicted octanol–water partition coefficient (Wildman–Crippen LogP) is 4.08. The van der Waals surface area contributed by atoms with Crippen molar-refractivity contribution in [2.75, 3.05) is 18.1 Å². The second-order valence-electron chi connectivity index (χ2n) is 6.06. The van der Waals surface area contributed by atoms with Gasteiger partial charge in [-0.1, -0.05) is 0 Å². The minimum atomic E-state index is -1.02. The fraction of sp³-hybridized carbons (Fsp3) is 0.389. The number of carbonyl (C=O) groups is 1. The molecule has 1 saturated heterocycles. The van der Waals surface area contributed by atoms with Crippen LogP contribution in [0.2, 0.25) is 0 Å². The molecule has 1 N–H and O–H groups in total. The van der Waals surface area contributed by atoms with Crippen molar-refractivity contribution in [1.29, 1.82) is 0 Å². The molecule has 128 valence electrons. The summed E-state index contributed by atoms with van der Waals surface area (Å²) in [4.78, 5) is 15.3. The van der Waals surface area contributed by atoms with E-state index in [0.29, 0.717) is 12.2 Å². The van der Waals surface area contributed by atoms with Crippen LogP contribution in [-0.2, 0) is 10.8 Å². The zero-order valence-corrected chi connectivity index (χ0v) is 14.8. The molecule has 0 unspecified atom stereocenters. The van der Waals surface area contributed by atoms with Crippen LogP contribution in [0.5, 0.6) is 0 Å². The van der Waals surface area contributed by atoms with Gasteiger partial charge in [-0.25, -0.2) is 4.79 Å². The quantitative estimate of drug-likeness (QED) is 0.911. The molecule has 2 atom stereocenters. The van der Waals surface area contributed by atoms with E-state index < -0.39 is 10.8 Å². The Balaban J connectivity index is 1.73. The number of furan rings is 1. The number of likely N-dealkylation sites (tertiary alicyclic amines) is 1. The third kappa shape index (κ3) is 3.70. The van der Waals surface area contributed by atoms with E-state index in [2.05, 4.69) is 5.32 Å². The Morgan fingerprint density at radius 2 is 1.96 bits per heavy atom. The maximum atomic E-state index is 12.7. The molecule has 1 aromatic heterocycles. The van der Waals surface area contributed by atoms with Crippen LogP contribution in [0.15, 0.2) is 45.7 Å². The van der Waals surface area contributed by atoms with Crippen LogP contribution >= 0.6 is 0 Å². The summed E-state index contributed by atoms with van der Waals surface area (Å²) in [6.07, 6.45) is 4.63. The second kappa shape index (κ2) is 7.21. The average molecular weight is 346 g/mol. The number of aryl methyl sites for hydroxylation is 1. The number of benzene rings is 1. The Hall–Kier alpha value is -2.08. The van der Waals surface area contributed by atoms with Crippen molar-refractivity contribution in [3.8, 4) is 0 Å². The lowest BCUT2D eigenvalue weighted by Gasteiger charge is -2.34. The van der Waals surface area contributed by atoms with E-state index in [1.165, 1.54) is 0 Å². The number of carbonyl (C=O) groups excluding carboxylic acids is 1. The van der Waals surface area contributed by atoms with Crippen LogP contribution in [0.4, 0.5) is 10.5 Å². The van der Waals surface area contributed by atoms with Gasteiger partial charge in [-0.05, 0) is 62.6 Å². The first-order chi connectivity index (χ1) is 11.5. The third-order valence-electron chi connectivity index (χ3n) is 4.29. The molecule has 0 bridgehead atoms. The van der Waals surface area contributed by atoms with Crippen molar-refractivity contribution >= 4 is 22.5 Å². The lowest BCUT2D eigenvalue weighted by atomic mass is 10.0. The monoisotopic (exact) mass is 346 g/mol. The number of piperidine rings is 1. The molecule has 6 heteroatoms. The van der Waals surface area contributed by atoms with Gasteiger partial charge in [0.1, 0.15) is 11.5 Å². The summed E-state index contributed by atoms with van der Waals surface area (Å²) in [6, 6.07) is 10.9. The van der Waals surface area contributed by atoms with Gasteiger partial charge in [0.2, 0.25) is 0 Å². The Labute approximate surface area is 144 Å². The lowest BCUT2D eigenvalue weighted by molar-refractivity contribution is 0.150. The van der Waals surface area contributed by atoms with Crippen molar-refractivity contribution in [2.24, 2.45) is 0 Å². The van der Waals surface area contributed by atoms with Crippen LogP contribution in [0.1, 0.15) is 36.8 Å². The predicted molar refractivity (Wildman–Crippen MR) is 94.5 cm³/mol. The Morgan fingerprint density at radius 1 is 1.21 bits per heavy atom. The van der Waals surface area contributed by atoms with Gasteiger partial charge in [0.05, 0.1) is 6.04 Å². The van der Waals surface area contributed by atoms with Crippen molar-refractivity contribution < 1.29 is 13.4 Å². The molecular formula is C18H22N2O3S. The molecule has 1 aliphatic heterocycles. The van der Waals surface area contributed by atoms with Gasteiger partial charge in [-0.2, -0.15) is 0 Å². The molecule has 1 aromatic carbocycles. The summed E-state index contributed by atoms with van der Waals surface area (Å²) in [7, 11) is -1.02. The zero-order valence-electron chi connectivity index (χ0n) is 14.0. The molecule has 0 aliphatic carbocycles. The topological polar surface area (TPSA) is 62.6 Å². The van der Waals surface area contributed by atoms with Crippen molar-refractivity contribution in [3.05, 3.63) is 47.9 Å². The molecule has 0 spiro atoms. The highest BCUT2D eigenvalue weighted by Gasteiger charge is 2.30. The van der Waals surface area contributed by atoms with Crippen LogP contribution in [0, 0.1) is 6.92 Å². The molecule has 0 radical (unpaired) electrons. The first-order valence-corrected chi connectivity index (χ1v) is 9.68. The van der Waals surface area contributed by atoms with E-state index in [4.69, 9.17) is 4.42 Å². The van der Waals surface area contributed by atoms with Gasteiger partial charge >= 0.3 is 6.03 Å². The highest BCUT2D eigenvalue weighted by atomic mass is 32.2. The zero-order chi connectivity index (χ0) is 17.1. The van der Waals surface area contributed by atoms with Gasteiger partial charge in [-0.15, -0.1) is 0 Å². The molecule has 1 aliphatic rings. The summed E-state index contributed by atoms with van der Waals surface area (Å²) in [5.74, 6) is 1.71. The molecular weight excluding hydrogens is 324 g/mol. The van der Waals surface area contributed by atoms with Crippen LogP contribution in [0.3, 0.4) is 0 Å². The normalized spacial score (nSPS) is 19.1. The van der Waals surface area contributed by atoms with Gasteiger partial charge in [0.15, 0.2) is 0 Å². The van der Waals surface area contributed by atoms with Gasteiger partial charge in [0.25, 0.3) is 0 Å². The number of urea groups is 1. The van der Waals surface area contributed by atoms with E-state index in [9.17, 15) is 9.00 Å². The highest BCUT2D eigenvalue weighted by molar-refractivity contribution is 7.84. The SMILES string of the molecule is Cc1ccc([C@H]2CCCCN2C(=O)Nc2ccc([S@](C)=O)cc2)o1. The van der Waals surface area contributed by atoms with E-state index in [1.54, 1.807) is 30.5 Å². The number of hydrogen-bond acceptors (Lipinski definition) is 3. The molecule has 2 aromatic rings. The van der Waals surface area contributed by atoms with E-state index >= 15 is 0 Å². The van der Waals surface area contributed by atoms with Crippen molar-refractivity contribution in [3.63, 3.8) is 0 Å². The molecule has 24 heavy (non-hydrogen) atoms. The van der Waals surface area contributed by atoms with Gasteiger partial charge < -0.3 is 14.6 Å². The van der Waals surface area contributed by atoms with Crippen LogP contribution in [-0.4, -0.2) is 27.9 Å². The van der Waals surface area contributed by atoms with Gasteiger partial charge in [-0.3, -0.25) is 4.21 Å². The second-order valence-corrected chi connectivity index (χ2v) is 7.44. The average Bonchev–Trinajstić information content (AvgIpc) is 3.01. The maximum absolute atomic E-state index is 12.7. The van der Waals surface area contributed by atoms with Gasteiger partial charge in [0, 0.05) is 34.2 Å². The lowest BCUT2D eigenvalue weighted by Crippen LogP contribution is -2.41. The Kier molecular flexibility index (Phi) is 5.04. The smallest absolute Gasteiger partial charge is 0.322 e. The molecule has 2 heterocycles. The summed E-state index contributed by atoms with van der Waals surface area (Å²) >= 11 is 0. The van der Waals surface area contributed by atoms with Crippen molar-refractivity contribution in [1.82, 2.24) is 4.90 Å². The van der Waals surface area contributed by atoms with E-state index in [1.807, 2.05) is 24.0 Å². The fourth-order valence-electron chi connectivity index (χ4n) is 3.03. The van der Waals surface area contributed by atoms with Crippen molar-refractivity contribution in [2.45, 2.75) is 37.1 Å². The van der Waals surface area contributed by atoms with E-state index in [0.717, 1.165) is 35.7 Å². The molecule has 1 fully saturated rings. The first-order valence-electron chi connectivity index (χ1n) is 8.12. The third-order valence-corrected chi connectivity index (χ3v) is 5.23. The first kappa shape index (κ1) is 16.8. The van der Waals surface area contributed by atoms with Crippen LogP contribution in [0.25, 0.3) is 0 Å². The minimum Gasteiger partial charge on any atom is -0.464 e. The molecule has 3 rings (SSSR count). The number of nitrogens with one attached hydrogen (secondary N) is 1. The molecule has 5 nitrogen and oxygen atoms in total. The minimum absolute atomic E-state index is 0.0186. The maximum Gasteiger partial charge on any atom is 0.322 e. The molecule has 0 saturated carbocycles. The number of hydrogen-bond donors (Lipinski definition) is 1. The summed E-state index contributed by atoms with van der Waals surface area (Å²) in [5, 5.41) is 2.93. The number of nitrogens with zero attached hydrogens (tertiary/aromatic N) is 1.